The van der Waals surface area contributed by atoms with Gasteiger partial charge in [-0.2, -0.15) is 0 Å². The zero-order valence-corrected chi connectivity index (χ0v) is 14.6. The number of fused-ring (bicyclic) bond motifs is 5. The van der Waals surface area contributed by atoms with E-state index in [1.165, 1.54) is 0 Å². The highest BCUT2D eigenvalue weighted by Crippen LogP contribution is 2.44. The fourth-order valence-corrected chi connectivity index (χ4v) is 4.01. The van der Waals surface area contributed by atoms with E-state index in [0.29, 0.717) is 23.8 Å². The van der Waals surface area contributed by atoms with Crippen LogP contribution in [0.3, 0.4) is 0 Å². The number of aliphatic hydroxyl groups is 1. The van der Waals surface area contributed by atoms with Crippen LogP contribution in [0.5, 0.6) is 23.0 Å². The number of benzene rings is 2. The van der Waals surface area contributed by atoms with Gasteiger partial charge < -0.3 is 29.0 Å². The number of aliphatic hydroxyl groups excluding tert-OH is 1. The standard InChI is InChI=1S/C20H19NO5/c1-23-17-4-3-11-5-15-12-6-18-19(26-10-25-18)7-13(12)16(22)9-21(15)8-14(11)20(17)24-2/h3-8,15-16,22H,9-10H2,1-2H3. The summed E-state index contributed by atoms with van der Waals surface area (Å²) in [6, 6.07) is 7.84. The molecule has 3 aliphatic rings. The molecule has 6 heteroatoms. The van der Waals surface area contributed by atoms with E-state index in [9.17, 15) is 5.11 Å². The number of hydrogen-bond acceptors (Lipinski definition) is 6. The Labute approximate surface area is 150 Å². The van der Waals surface area contributed by atoms with E-state index in [1.807, 2.05) is 30.5 Å². The molecule has 0 aliphatic carbocycles. The third-order valence-electron chi connectivity index (χ3n) is 5.25. The normalized spacial score (nSPS) is 21.7. The summed E-state index contributed by atoms with van der Waals surface area (Å²) >= 11 is 0. The van der Waals surface area contributed by atoms with E-state index < -0.39 is 6.10 Å². The summed E-state index contributed by atoms with van der Waals surface area (Å²) in [6.45, 7) is 0.714. The highest BCUT2D eigenvalue weighted by atomic mass is 16.7. The van der Waals surface area contributed by atoms with Gasteiger partial charge in [0.15, 0.2) is 23.0 Å². The number of rotatable bonds is 2. The second kappa shape index (κ2) is 5.57. The van der Waals surface area contributed by atoms with Crippen LogP contribution in [0.25, 0.3) is 12.3 Å². The lowest BCUT2D eigenvalue weighted by Crippen LogP contribution is -2.42. The van der Waals surface area contributed by atoms with Crippen molar-refractivity contribution in [2.45, 2.75) is 12.1 Å². The van der Waals surface area contributed by atoms with Crippen molar-refractivity contribution in [2.75, 3.05) is 27.6 Å². The molecule has 2 aromatic rings. The molecule has 0 radical (unpaired) electrons. The van der Waals surface area contributed by atoms with Crippen molar-refractivity contribution in [3.8, 4) is 23.0 Å². The molecule has 0 spiro atoms. The van der Waals surface area contributed by atoms with Gasteiger partial charge in [0.1, 0.15) is 0 Å². The van der Waals surface area contributed by atoms with Crippen LogP contribution in [-0.4, -0.2) is 37.6 Å². The molecule has 5 rings (SSSR count). The molecular formula is C20H19NO5. The summed E-state index contributed by atoms with van der Waals surface area (Å²) in [5, 5.41) is 12.7. The quantitative estimate of drug-likeness (QED) is 0.871. The van der Waals surface area contributed by atoms with Gasteiger partial charge in [-0.1, -0.05) is 6.07 Å². The van der Waals surface area contributed by atoms with E-state index in [4.69, 9.17) is 18.9 Å². The monoisotopic (exact) mass is 353 g/mol. The van der Waals surface area contributed by atoms with Crippen molar-refractivity contribution in [2.24, 2.45) is 0 Å². The molecule has 0 amide bonds. The Balaban J connectivity index is 1.71. The molecule has 2 atom stereocenters. The largest absolute Gasteiger partial charge is 0.493 e. The van der Waals surface area contributed by atoms with Crippen molar-refractivity contribution in [1.82, 2.24) is 4.90 Å². The summed E-state index contributed by atoms with van der Waals surface area (Å²) in [5.41, 5.74) is 1.92. The van der Waals surface area contributed by atoms with Gasteiger partial charge in [0.2, 0.25) is 6.79 Å². The molecule has 0 bridgehead atoms. The Morgan fingerprint density at radius 2 is 1.85 bits per heavy atom. The summed E-state index contributed by atoms with van der Waals surface area (Å²) in [5.74, 6) is 2.81. The van der Waals surface area contributed by atoms with Crippen LogP contribution < -0.4 is 29.4 Å². The van der Waals surface area contributed by atoms with Crippen LogP contribution in [0.15, 0.2) is 24.3 Å². The lowest BCUT2D eigenvalue weighted by molar-refractivity contribution is 0.118. The molecule has 0 fully saturated rings. The van der Waals surface area contributed by atoms with Crippen molar-refractivity contribution < 1.29 is 24.1 Å². The third-order valence-corrected chi connectivity index (χ3v) is 5.25. The predicted molar refractivity (Wildman–Crippen MR) is 94.7 cm³/mol. The van der Waals surface area contributed by atoms with Gasteiger partial charge in [-0.25, -0.2) is 0 Å². The SMILES string of the molecule is COc1ccc2c(c1OC)=CN1CC(O)c3cc4c(cc3C1C=2)OCO4. The van der Waals surface area contributed by atoms with Gasteiger partial charge in [0.25, 0.3) is 0 Å². The molecule has 3 heterocycles. The fourth-order valence-electron chi connectivity index (χ4n) is 4.01. The Kier molecular flexibility index (Phi) is 3.30. The second-order valence-electron chi connectivity index (χ2n) is 6.59. The Morgan fingerprint density at radius 3 is 2.58 bits per heavy atom. The molecule has 0 aromatic heterocycles. The summed E-state index contributed by atoms with van der Waals surface area (Å²) in [4.78, 5) is 2.12. The minimum Gasteiger partial charge on any atom is -0.493 e. The summed E-state index contributed by atoms with van der Waals surface area (Å²) < 4.78 is 22.0. The van der Waals surface area contributed by atoms with Crippen molar-refractivity contribution >= 4 is 12.3 Å². The number of ether oxygens (including phenoxy) is 4. The second-order valence-corrected chi connectivity index (χ2v) is 6.59. The van der Waals surface area contributed by atoms with Crippen LogP contribution in [0.4, 0.5) is 0 Å². The topological polar surface area (TPSA) is 60.4 Å². The molecule has 0 saturated carbocycles. The van der Waals surface area contributed by atoms with Crippen molar-refractivity contribution in [1.29, 1.82) is 0 Å². The zero-order valence-electron chi connectivity index (χ0n) is 14.6. The first-order valence-electron chi connectivity index (χ1n) is 8.51. The van der Waals surface area contributed by atoms with Gasteiger partial charge >= 0.3 is 0 Å². The smallest absolute Gasteiger partial charge is 0.231 e. The Bertz CT molecular complexity index is 1020. The number of methoxy groups -OCH3 is 2. The first-order valence-corrected chi connectivity index (χ1v) is 8.51. The summed E-state index contributed by atoms with van der Waals surface area (Å²) in [6.07, 6.45) is 3.63. The zero-order chi connectivity index (χ0) is 17.8. The number of nitrogens with zero attached hydrogens (tertiary/aromatic N) is 1. The van der Waals surface area contributed by atoms with E-state index >= 15 is 0 Å². The van der Waals surface area contributed by atoms with E-state index in [1.54, 1.807) is 14.2 Å². The first kappa shape index (κ1) is 15.4. The van der Waals surface area contributed by atoms with Gasteiger partial charge in [0.05, 0.1) is 26.4 Å². The van der Waals surface area contributed by atoms with Crippen molar-refractivity contribution in [3.63, 3.8) is 0 Å². The predicted octanol–water partition coefficient (Wildman–Crippen LogP) is 1.05. The van der Waals surface area contributed by atoms with Crippen LogP contribution >= 0.6 is 0 Å². The lowest BCUT2D eigenvalue weighted by Gasteiger charge is -2.39. The maximum atomic E-state index is 10.7. The maximum Gasteiger partial charge on any atom is 0.231 e. The highest BCUT2D eigenvalue weighted by Gasteiger charge is 2.33. The minimum absolute atomic E-state index is 0.0218. The van der Waals surface area contributed by atoms with Crippen molar-refractivity contribution in [3.05, 3.63) is 45.8 Å². The van der Waals surface area contributed by atoms with Crippen LogP contribution in [0, 0.1) is 0 Å². The maximum absolute atomic E-state index is 10.7. The molecule has 2 unspecified atom stereocenters. The first-order chi connectivity index (χ1) is 12.7. The third kappa shape index (κ3) is 2.08. The average molecular weight is 353 g/mol. The molecule has 1 N–H and O–H groups in total. The van der Waals surface area contributed by atoms with Gasteiger partial charge in [-0.05, 0) is 40.6 Å². The van der Waals surface area contributed by atoms with E-state index in [0.717, 1.165) is 27.3 Å². The van der Waals surface area contributed by atoms with E-state index in [-0.39, 0.29) is 12.8 Å². The minimum atomic E-state index is -0.599. The van der Waals surface area contributed by atoms with Gasteiger partial charge in [-0.15, -0.1) is 0 Å². The average Bonchev–Trinajstić information content (AvgIpc) is 3.12. The molecule has 26 heavy (non-hydrogen) atoms. The molecule has 0 saturated heterocycles. The Hall–Kier alpha value is -2.86. The lowest BCUT2D eigenvalue weighted by atomic mass is 9.88. The van der Waals surface area contributed by atoms with Gasteiger partial charge in [0, 0.05) is 18.0 Å². The molecule has 134 valence electrons. The highest BCUT2D eigenvalue weighted by molar-refractivity contribution is 5.59. The number of hydrogen-bond donors (Lipinski definition) is 1. The van der Waals surface area contributed by atoms with E-state index in [2.05, 4.69) is 11.0 Å². The van der Waals surface area contributed by atoms with Crippen LogP contribution in [-0.2, 0) is 0 Å². The molecular weight excluding hydrogens is 334 g/mol. The molecule has 6 nitrogen and oxygen atoms in total. The van der Waals surface area contributed by atoms with Crippen LogP contribution in [0.2, 0.25) is 0 Å². The fraction of sp³-hybridized carbons (Fsp3) is 0.300. The summed E-state index contributed by atoms with van der Waals surface area (Å²) in [7, 11) is 3.27. The Morgan fingerprint density at radius 1 is 1.08 bits per heavy atom. The molecule has 3 aliphatic heterocycles. The van der Waals surface area contributed by atoms with Gasteiger partial charge in [-0.3, -0.25) is 0 Å². The molecule has 2 aromatic carbocycles. The van der Waals surface area contributed by atoms with Crippen LogP contribution in [0.1, 0.15) is 23.3 Å².